The SMILES string of the molecule is C=C(CCCC(OCCCCCCCC)C(c1ccccc1)c1ccc(OCCCOC[C@@H]2C[C@@H]3C=C[C@H]2C3)cc1)OC(C)=O. The molecule has 4 rings (SSSR count). The highest BCUT2D eigenvalue weighted by atomic mass is 16.5. The van der Waals surface area contributed by atoms with E-state index < -0.39 is 0 Å². The third kappa shape index (κ3) is 12.1. The van der Waals surface area contributed by atoms with Crippen LogP contribution in [0.25, 0.3) is 0 Å². The summed E-state index contributed by atoms with van der Waals surface area (Å²) in [5, 5.41) is 0. The zero-order valence-electron chi connectivity index (χ0n) is 27.8. The van der Waals surface area contributed by atoms with Gasteiger partial charge in [0, 0.05) is 45.5 Å². The minimum Gasteiger partial charge on any atom is -0.494 e. The number of allylic oxidation sites excluding steroid dienone is 3. The van der Waals surface area contributed by atoms with Crippen molar-refractivity contribution in [2.45, 2.75) is 103 Å². The average Bonchev–Trinajstić information content (AvgIpc) is 3.67. The second kappa shape index (κ2) is 19.6. The molecule has 2 aliphatic carbocycles. The fourth-order valence-corrected chi connectivity index (χ4v) is 6.94. The Morgan fingerprint density at radius 1 is 0.844 bits per heavy atom. The summed E-state index contributed by atoms with van der Waals surface area (Å²) < 4.78 is 24.0. The molecule has 2 bridgehead atoms. The van der Waals surface area contributed by atoms with Crippen molar-refractivity contribution < 1.29 is 23.7 Å². The molecule has 0 spiro atoms. The van der Waals surface area contributed by atoms with E-state index in [2.05, 4.69) is 80.3 Å². The maximum Gasteiger partial charge on any atom is 0.307 e. The average molecular weight is 617 g/mol. The molecule has 5 atom stereocenters. The van der Waals surface area contributed by atoms with Crippen LogP contribution >= 0.6 is 0 Å². The Morgan fingerprint density at radius 2 is 1.60 bits per heavy atom. The summed E-state index contributed by atoms with van der Waals surface area (Å²) >= 11 is 0. The summed E-state index contributed by atoms with van der Waals surface area (Å²) in [6.45, 7) is 10.6. The molecule has 0 radical (unpaired) electrons. The molecule has 246 valence electrons. The Morgan fingerprint density at radius 3 is 2.31 bits per heavy atom. The molecule has 2 unspecified atom stereocenters. The summed E-state index contributed by atoms with van der Waals surface area (Å²) in [7, 11) is 0. The van der Waals surface area contributed by atoms with E-state index >= 15 is 0 Å². The van der Waals surface area contributed by atoms with E-state index in [0.29, 0.717) is 24.7 Å². The number of esters is 1. The summed E-state index contributed by atoms with van der Waals surface area (Å²) in [4.78, 5) is 11.4. The first kappa shape index (κ1) is 35.0. The first-order chi connectivity index (χ1) is 22.0. The van der Waals surface area contributed by atoms with Gasteiger partial charge in [-0.3, -0.25) is 4.79 Å². The monoisotopic (exact) mass is 616 g/mol. The Hall–Kier alpha value is -2.89. The van der Waals surface area contributed by atoms with Gasteiger partial charge in [0.2, 0.25) is 0 Å². The normalized spacial score (nSPS) is 19.8. The minimum atomic E-state index is -0.318. The summed E-state index contributed by atoms with van der Waals surface area (Å²) in [6, 6.07) is 19.2. The maximum atomic E-state index is 11.4. The fourth-order valence-electron chi connectivity index (χ4n) is 6.94. The van der Waals surface area contributed by atoms with Crippen molar-refractivity contribution >= 4 is 5.97 Å². The molecule has 1 saturated carbocycles. The van der Waals surface area contributed by atoms with Crippen LogP contribution in [0.4, 0.5) is 0 Å². The van der Waals surface area contributed by atoms with Crippen LogP contribution in [0.3, 0.4) is 0 Å². The van der Waals surface area contributed by atoms with Crippen LogP contribution in [0.2, 0.25) is 0 Å². The second-order valence-corrected chi connectivity index (χ2v) is 13.0. The lowest BCUT2D eigenvalue weighted by Crippen LogP contribution is -2.24. The van der Waals surface area contributed by atoms with Crippen LogP contribution < -0.4 is 4.74 Å². The quantitative estimate of drug-likeness (QED) is 0.0538. The lowest BCUT2D eigenvalue weighted by molar-refractivity contribution is -0.137. The molecule has 0 saturated heterocycles. The van der Waals surface area contributed by atoms with Crippen LogP contribution in [0.5, 0.6) is 5.75 Å². The summed E-state index contributed by atoms with van der Waals surface area (Å²) in [6.07, 6.45) is 18.0. The van der Waals surface area contributed by atoms with E-state index in [9.17, 15) is 4.79 Å². The molecule has 2 aliphatic rings. The number of benzene rings is 2. The van der Waals surface area contributed by atoms with Crippen molar-refractivity contribution in [1.29, 1.82) is 0 Å². The number of carbonyl (C=O) groups is 1. The molecule has 45 heavy (non-hydrogen) atoms. The van der Waals surface area contributed by atoms with Gasteiger partial charge < -0.3 is 18.9 Å². The zero-order valence-corrected chi connectivity index (χ0v) is 27.8. The molecular weight excluding hydrogens is 560 g/mol. The van der Waals surface area contributed by atoms with E-state index in [1.807, 2.05) is 0 Å². The van der Waals surface area contributed by atoms with Crippen molar-refractivity contribution in [2.24, 2.45) is 17.8 Å². The van der Waals surface area contributed by atoms with Crippen molar-refractivity contribution in [3.63, 3.8) is 0 Å². The fraction of sp³-hybridized carbons (Fsp3) is 0.575. The standard InChI is InChI=1S/C40H56O5/c1-4-5-6-7-8-12-26-44-39(18-13-15-31(2)45-32(3)41)40(34-16-10-9-11-17-34)35-21-23-38(24-22-35)43-27-14-25-42-30-37-29-33-19-20-36(37)28-33/h9-11,16-17,19-24,33,36-37,39-40H,2,4-8,12-15,18,25-30H2,1,3H3/t33-,36+,37+,39?,40?/m1/s1. The van der Waals surface area contributed by atoms with Crippen molar-refractivity contribution in [2.75, 3.05) is 26.4 Å². The van der Waals surface area contributed by atoms with Gasteiger partial charge in [0.05, 0.1) is 12.7 Å². The molecule has 1 fully saturated rings. The van der Waals surface area contributed by atoms with E-state index in [0.717, 1.165) is 63.1 Å². The van der Waals surface area contributed by atoms with Crippen molar-refractivity contribution in [3.8, 4) is 5.75 Å². The molecule has 2 aromatic carbocycles. The first-order valence-electron chi connectivity index (χ1n) is 17.5. The highest BCUT2D eigenvalue weighted by molar-refractivity contribution is 5.67. The summed E-state index contributed by atoms with van der Waals surface area (Å²) in [5.74, 6) is 3.40. The number of fused-ring (bicyclic) bond motifs is 2. The number of hydrogen-bond acceptors (Lipinski definition) is 5. The molecule has 0 aliphatic heterocycles. The topological polar surface area (TPSA) is 54.0 Å². The molecule has 0 amide bonds. The van der Waals surface area contributed by atoms with Crippen molar-refractivity contribution in [3.05, 3.63) is 90.2 Å². The van der Waals surface area contributed by atoms with E-state index in [4.69, 9.17) is 18.9 Å². The lowest BCUT2D eigenvalue weighted by atomic mass is 9.84. The molecule has 0 N–H and O–H groups in total. The van der Waals surface area contributed by atoms with E-state index in [-0.39, 0.29) is 18.0 Å². The highest BCUT2D eigenvalue weighted by Crippen LogP contribution is 2.43. The molecular formula is C40H56O5. The van der Waals surface area contributed by atoms with Crippen LogP contribution in [0.1, 0.15) is 108 Å². The molecule has 5 nitrogen and oxygen atoms in total. The van der Waals surface area contributed by atoms with E-state index in [1.165, 1.54) is 63.0 Å². The Balaban J connectivity index is 1.32. The first-order valence-corrected chi connectivity index (χ1v) is 17.5. The molecule has 0 aromatic heterocycles. The Labute approximate surface area is 272 Å². The van der Waals surface area contributed by atoms with E-state index in [1.54, 1.807) is 0 Å². The van der Waals surface area contributed by atoms with Crippen LogP contribution in [-0.2, 0) is 19.0 Å². The van der Waals surface area contributed by atoms with Crippen LogP contribution in [0.15, 0.2) is 79.1 Å². The molecule has 2 aromatic rings. The van der Waals surface area contributed by atoms with Gasteiger partial charge in [-0.05, 0) is 73.1 Å². The van der Waals surface area contributed by atoms with Gasteiger partial charge in [-0.2, -0.15) is 0 Å². The maximum absolute atomic E-state index is 11.4. The highest BCUT2D eigenvalue weighted by Gasteiger charge is 2.35. The largest absolute Gasteiger partial charge is 0.494 e. The van der Waals surface area contributed by atoms with Crippen LogP contribution in [0, 0.1) is 17.8 Å². The third-order valence-electron chi connectivity index (χ3n) is 9.28. The predicted molar refractivity (Wildman–Crippen MR) is 182 cm³/mol. The van der Waals surface area contributed by atoms with Gasteiger partial charge in [0.15, 0.2) is 0 Å². The Bertz CT molecular complexity index is 1160. The zero-order chi connectivity index (χ0) is 31.7. The Kier molecular flexibility index (Phi) is 15.2. The van der Waals surface area contributed by atoms with Gasteiger partial charge in [0.1, 0.15) is 11.5 Å². The van der Waals surface area contributed by atoms with Crippen molar-refractivity contribution in [1.82, 2.24) is 0 Å². The number of ether oxygens (including phenoxy) is 4. The molecule has 5 heteroatoms. The van der Waals surface area contributed by atoms with Gasteiger partial charge in [-0.1, -0.05) is 100 Å². The third-order valence-corrected chi connectivity index (χ3v) is 9.28. The second-order valence-electron chi connectivity index (χ2n) is 13.0. The van der Waals surface area contributed by atoms with Gasteiger partial charge >= 0.3 is 5.97 Å². The smallest absolute Gasteiger partial charge is 0.307 e. The lowest BCUT2D eigenvalue weighted by Gasteiger charge is -2.29. The minimum absolute atomic E-state index is 0.0114. The number of carbonyl (C=O) groups excluding carboxylic acids is 1. The van der Waals surface area contributed by atoms with Gasteiger partial charge in [-0.15, -0.1) is 0 Å². The number of hydrogen-bond donors (Lipinski definition) is 0. The summed E-state index contributed by atoms with van der Waals surface area (Å²) in [5.41, 5.74) is 2.45. The molecule has 0 heterocycles. The van der Waals surface area contributed by atoms with Crippen LogP contribution in [-0.4, -0.2) is 38.5 Å². The number of unbranched alkanes of at least 4 members (excludes halogenated alkanes) is 5. The number of rotatable bonds is 23. The predicted octanol–water partition coefficient (Wildman–Crippen LogP) is 9.81. The van der Waals surface area contributed by atoms with Gasteiger partial charge in [-0.25, -0.2) is 0 Å². The van der Waals surface area contributed by atoms with Gasteiger partial charge in [0.25, 0.3) is 0 Å².